The number of thiazole rings is 1. The summed E-state index contributed by atoms with van der Waals surface area (Å²) in [5.41, 5.74) is 1.38. The predicted molar refractivity (Wildman–Crippen MR) is 127 cm³/mol. The van der Waals surface area contributed by atoms with E-state index >= 15 is 0 Å². The first-order chi connectivity index (χ1) is 15.8. The molecular weight excluding hydrogens is 464 g/mol. The van der Waals surface area contributed by atoms with Crippen LogP contribution < -0.4 is 9.54 Å². The van der Waals surface area contributed by atoms with Crippen molar-refractivity contribution >= 4 is 43.3 Å². The van der Waals surface area contributed by atoms with Crippen molar-refractivity contribution in [1.29, 1.82) is 0 Å². The van der Waals surface area contributed by atoms with E-state index in [-0.39, 0.29) is 31.1 Å². The predicted octanol–water partition coefficient (Wildman–Crippen LogP) is 3.10. The lowest BCUT2D eigenvalue weighted by molar-refractivity contribution is -0.143. The third kappa shape index (κ3) is 7.00. The average Bonchev–Trinajstić information content (AvgIpc) is 3.09. The van der Waals surface area contributed by atoms with Crippen molar-refractivity contribution in [3.8, 4) is 5.75 Å². The molecule has 0 radical (unpaired) electrons. The number of nitrogens with zero attached hydrogens (tertiary/aromatic N) is 2. The minimum absolute atomic E-state index is 0.111. The van der Waals surface area contributed by atoms with Crippen molar-refractivity contribution in [2.45, 2.75) is 32.6 Å². The van der Waals surface area contributed by atoms with Crippen LogP contribution in [0.1, 0.15) is 25.8 Å². The van der Waals surface area contributed by atoms with Crippen LogP contribution in [-0.2, 0) is 36.5 Å². The molecule has 0 aliphatic rings. The topological polar surface area (TPSA) is 104 Å². The number of sulfone groups is 1. The summed E-state index contributed by atoms with van der Waals surface area (Å²) in [5.74, 6) is -0.792. The zero-order valence-corrected chi connectivity index (χ0v) is 20.2. The molecule has 0 fully saturated rings. The van der Waals surface area contributed by atoms with Crippen LogP contribution in [0, 0.1) is 0 Å². The molecule has 0 atom stereocenters. The SMILES string of the molecule is CCOC(=O)Cn1c(=NC(=O)CCS(=O)(=O)Cc2ccccc2)sc2cc(OCC)ccc21. The summed E-state index contributed by atoms with van der Waals surface area (Å²) in [6, 6.07) is 14.2. The van der Waals surface area contributed by atoms with Crippen LogP contribution in [0.3, 0.4) is 0 Å². The van der Waals surface area contributed by atoms with Crippen LogP contribution in [-0.4, -0.2) is 43.8 Å². The van der Waals surface area contributed by atoms with Crippen molar-refractivity contribution in [2.24, 2.45) is 4.99 Å². The molecule has 0 N–H and O–H groups in total. The van der Waals surface area contributed by atoms with Gasteiger partial charge < -0.3 is 14.0 Å². The molecule has 3 aromatic rings. The van der Waals surface area contributed by atoms with Gasteiger partial charge in [-0.25, -0.2) is 8.42 Å². The van der Waals surface area contributed by atoms with E-state index in [2.05, 4.69) is 4.99 Å². The molecule has 0 aliphatic carbocycles. The molecule has 0 spiro atoms. The first-order valence-corrected chi connectivity index (χ1v) is 13.2. The third-order valence-corrected chi connectivity index (χ3v) is 7.27. The Labute approximate surface area is 196 Å². The van der Waals surface area contributed by atoms with Crippen molar-refractivity contribution < 1.29 is 27.5 Å². The van der Waals surface area contributed by atoms with Gasteiger partial charge in [0.2, 0.25) is 5.91 Å². The standard InChI is InChI=1S/C23H26N2O6S2/c1-3-30-18-10-11-19-20(14-18)32-23(25(19)15-22(27)31-4-2)24-21(26)12-13-33(28,29)16-17-8-6-5-7-9-17/h5-11,14H,3-4,12-13,15-16H2,1-2H3. The summed E-state index contributed by atoms with van der Waals surface area (Å²) >= 11 is 1.23. The molecule has 8 nitrogen and oxygen atoms in total. The van der Waals surface area contributed by atoms with E-state index in [9.17, 15) is 18.0 Å². The number of fused-ring (bicyclic) bond motifs is 1. The van der Waals surface area contributed by atoms with Crippen LogP contribution in [0.4, 0.5) is 0 Å². The Hall–Kier alpha value is -2.98. The van der Waals surface area contributed by atoms with Gasteiger partial charge in [0.25, 0.3) is 0 Å². The van der Waals surface area contributed by atoms with Gasteiger partial charge in [0.1, 0.15) is 12.3 Å². The second-order valence-electron chi connectivity index (χ2n) is 7.17. The van der Waals surface area contributed by atoms with E-state index in [0.29, 0.717) is 28.2 Å². The fourth-order valence-electron chi connectivity index (χ4n) is 3.19. The van der Waals surface area contributed by atoms with Crippen molar-refractivity contribution in [1.82, 2.24) is 4.57 Å². The number of carbonyl (C=O) groups excluding carboxylic acids is 2. The lowest BCUT2D eigenvalue weighted by atomic mass is 10.2. The van der Waals surface area contributed by atoms with Crippen LogP contribution in [0.15, 0.2) is 53.5 Å². The minimum atomic E-state index is -3.47. The number of amides is 1. The highest BCUT2D eigenvalue weighted by Crippen LogP contribution is 2.23. The Bertz CT molecular complexity index is 1290. The quantitative estimate of drug-likeness (QED) is 0.405. The first-order valence-electron chi connectivity index (χ1n) is 10.5. The maximum atomic E-state index is 12.5. The zero-order valence-electron chi connectivity index (χ0n) is 18.5. The largest absolute Gasteiger partial charge is 0.494 e. The molecule has 1 aromatic heterocycles. The number of hydrogen-bond acceptors (Lipinski definition) is 7. The molecule has 0 aliphatic heterocycles. The maximum absolute atomic E-state index is 12.5. The van der Waals surface area contributed by atoms with Crippen LogP contribution in [0.2, 0.25) is 0 Å². The van der Waals surface area contributed by atoms with Gasteiger partial charge >= 0.3 is 5.97 Å². The Balaban J connectivity index is 1.84. The maximum Gasteiger partial charge on any atom is 0.326 e. The summed E-state index contributed by atoms with van der Waals surface area (Å²) < 4.78 is 37.8. The van der Waals surface area contributed by atoms with E-state index in [1.54, 1.807) is 47.9 Å². The Morgan fingerprint density at radius 1 is 1.06 bits per heavy atom. The molecule has 1 amide bonds. The van der Waals surface area contributed by atoms with E-state index in [0.717, 1.165) is 4.70 Å². The fraction of sp³-hybridized carbons (Fsp3) is 0.348. The third-order valence-electron chi connectivity index (χ3n) is 4.63. The molecule has 33 heavy (non-hydrogen) atoms. The Morgan fingerprint density at radius 3 is 2.52 bits per heavy atom. The van der Waals surface area contributed by atoms with Gasteiger partial charge in [-0.15, -0.1) is 0 Å². The molecule has 0 saturated carbocycles. The summed E-state index contributed by atoms with van der Waals surface area (Å²) in [4.78, 5) is 29.1. The van der Waals surface area contributed by atoms with Gasteiger partial charge in [0.15, 0.2) is 14.6 Å². The highest BCUT2D eigenvalue weighted by atomic mass is 32.2. The normalized spacial score (nSPS) is 12.1. The van der Waals surface area contributed by atoms with Gasteiger partial charge in [0, 0.05) is 6.42 Å². The molecule has 10 heteroatoms. The summed E-state index contributed by atoms with van der Waals surface area (Å²) in [7, 11) is -3.47. The zero-order chi connectivity index (χ0) is 23.8. The monoisotopic (exact) mass is 490 g/mol. The molecule has 1 heterocycles. The number of carbonyl (C=O) groups is 2. The molecule has 0 unspecified atom stereocenters. The first kappa shape index (κ1) is 24.7. The number of hydrogen-bond donors (Lipinski definition) is 0. The summed E-state index contributed by atoms with van der Waals surface area (Å²) in [6.07, 6.45) is -0.243. The van der Waals surface area contributed by atoms with Gasteiger partial charge in [-0.3, -0.25) is 9.59 Å². The second-order valence-corrected chi connectivity index (χ2v) is 10.4. The molecule has 2 aromatic carbocycles. The molecule has 176 valence electrons. The van der Waals surface area contributed by atoms with E-state index in [1.807, 2.05) is 19.1 Å². The second kappa shape index (κ2) is 11.2. The molecular formula is C23H26N2O6S2. The lowest BCUT2D eigenvalue weighted by Crippen LogP contribution is -2.23. The van der Waals surface area contributed by atoms with Gasteiger partial charge in [-0.2, -0.15) is 4.99 Å². The number of aromatic nitrogens is 1. The van der Waals surface area contributed by atoms with Crippen molar-refractivity contribution in [2.75, 3.05) is 19.0 Å². The van der Waals surface area contributed by atoms with Crippen molar-refractivity contribution in [3.05, 3.63) is 58.9 Å². The number of benzene rings is 2. The molecule has 0 saturated heterocycles. The van der Waals surface area contributed by atoms with Gasteiger partial charge in [-0.05, 0) is 37.6 Å². The van der Waals surface area contributed by atoms with Gasteiger partial charge in [0.05, 0.1) is 34.9 Å². The Kier molecular flexibility index (Phi) is 8.40. The Morgan fingerprint density at radius 2 is 1.82 bits per heavy atom. The smallest absolute Gasteiger partial charge is 0.326 e. The van der Waals surface area contributed by atoms with E-state index in [4.69, 9.17) is 9.47 Å². The van der Waals surface area contributed by atoms with Crippen LogP contribution in [0.5, 0.6) is 5.75 Å². The highest BCUT2D eigenvalue weighted by Gasteiger charge is 2.16. The lowest BCUT2D eigenvalue weighted by Gasteiger charge is -2.06. The summed E-state index contributed by atoms with van der Waals surface area (Å²) in [5, 5.41) is 0. The number of ether oxygens (including phenoxy) is 2. The van der Waals surface area contributed by atoms with E-state index in [1.165, 1.54) is 11.3 Å². The van der Waals surface area contributed by atoms with Crippen molar-refractivity contribution in [3.63, 3.8) is 0 Å². The number of rotatable bonds is 10. The minimum Gasteiger partial charge on any atom is -0.494 e. The van der Waals surface area contributed by atoms with Crippen LogP contribution in [0.25, 0.3) is 10.2 Å². The average molecular weight is 491 g/mol. The summed E-state index contributed by atoms with van der Waals surface area (Å²) in [6.45, 7) is 4.23. The number of esters is 1. The van der Waals surface area contributed by atoms with E-state index < -0.39 is 21.7 Å². The molecule has 0 bridgehead atoms. The molecule has 3 rings (SSSR count). The van der Waals surface area contributed by atoms with Crippen LogP contribution >= 0.6 is 11.3 Å². The van der Waals surface area contributed by atoms with Gasteiger partial charge in [-0.1, -0.05) is 41.7 Å². The fourth-order valence-corrected chi connectivity index (χ4v) is 5.59. The highest BCUT2D eigenvalue weighted by molar-refractivity contribution is 7.90.